The first-order chi connectivity index (χ1) is 14.8. The van der Waals surface area contributed by atoms with E-state index >= 15 is 0 Å². The van der Waals surface area contributed by atoms with Crippen molar-refractivity contribution in [1.29, 1.82) is 0 Å². The van der Waals surface area contributed by atoms with Crippen LogP contribution >= 0.6 is 0 Å². The van der Waals surface area contributed by atoms with Gasteiger partial charge in [-0.3, -0.25) is 19.4 Å². The van der Waals surface area contributed by atoms with Gasteiger partial charge >= 0.3 is 0 Å². The van der Waals surface area contributed by atoms with E-state index < -0.39 is 27.3 Å². The lowest BCUT2D eigenvalue weighted by Gasteiger charge is -2.03. The van der Waals surface area contributed by atoms with Crippen LogP contribution in [0.4, 0.5) is 5.69 Å². The van der Waals surface area contributed by atoms with Crippen LogP contribution in [0.25, 0.3) is 0 Å². The van der Waals surface area contributed by atoms with Gasteiger partial charge in [0.15, 0.2) is 0 Å². The zero-order valence-electron chi connectivity index (χ0n) is 16.3. The van der Waals surface area contributed by atoms with E-state index in [1.165, 1.54) is 30.8 Å². The molecule has 0 aliphatic carbocycles. The number of rotatable bonds is 2. The second kappa shape index (κ2) is 7.97. The van der Waals surface area contributed by atoms with Gasteiger partial charge < -0.3 is 5.32 Å². The van der Waals surface area contributed by atoms with E-state index in [9.17, 15) is 18.6 Å². The lowest BCUT2D eigenvalue weighted by Crippen LogP contribution is -2.12. The maximum atomic E-state index is 12.8. The highest BCUT2D eigenvalue weighted by atomic mass is 32.2. The normalized spacial score (nSPS) is 14.0. The summed E-state index contributed by atoms with van der Waals surface area (Å²) in [6, 6.07) is 14.9. The van der Waals surface area contributed by atoms with E-state index in [2.05, 4.69) is 26.5 Å². The number of hydrogen-bond acceptors (Lipinski definition) is 5. The molecule has 1 N–H and O–H groups in total. The molecule has 4 rings (SSSR count). The molecular weight excluding hydrogens is 414 g/mol. The van der Waals surface area contributed by atoms with Gasteiger partial charge in [-0.1, -0.05) is 30.0 Å². The molecule has 0 radical (unpaired) electrons. The second-order valence-electron chi connectivity index (χ2n) is 6.77. The number of carbonyl (C=O) groups excluding carboxylic acids is 3. The third-order valence-electron chi connectivity index (χ3n) is 4.49. The molecule has 2 heterocycles. The van der Waals surface area contributed by atoms with Crippen molar-refractivity contribution in [2.45, 2.75) is 4.90 Å². The summed E-state index contributed by atoms with van der Waals surface area (Å²) in [7, 11) is -2.90. The zero-order chi connectivity index (χ0) is 22.0. The standard InChI is InChI=1S/C23H15N3O4S/c1-31(30,18-5-3-2-4-6-18)26-22(28)17-11-16(13-24-14-17)8-7-15-9-10-20-19(12-15)21(27)23(29)25-20/h2-6,9-14H,1H3,(H,25,27,29)/t31-/m1/s1. The lowest BCUT2D eigenvalue weighted by atomic mass is 10.1. The molecule has 3 aromatic rings. The van der Waals surface area contributed by atoms with Gasteiger partial charge in [-0.05, 0) is 36.4 Å². The van der Waals surface area contributed by atoms with Crippen molar-refractivity contribution in [1.82, 2.24) is 4.98 Å². The van der Waals surface area contributed by atoms with Gasteiger partial charge in [0, 0.05) is 34.7 Å². The highest BCUT2D eigenvalue weighted by Crippen LogP contribution is 2.23. The second-order valence-corrected chi connectivity index (χ2v) is 9.03. The van der Waals surface area contributed by atoms with Crippen LogP contribution in [0.2, 0.25) is 0 Å². The molecule has 1 aromatic heterocycles. The Morgan fingerprint density at radius 2 is 1.74 bits per heavy atom. The Balaban J connectivity index is 1.60. The first-order valence-corrected chi connectivity index (χ1v) is 11.0. The number of benzene rings is 2. The highest BCUT2D eigenvalue weighted by Gasteiger charge is 2.27. The third-order valence-corrected chi connectivity index (χ3v) is 6.15. The summed E-state index contributed by atoms with van der Waals surface area (Å²) in [5.41, 5.74) is 1.88. The Morgan fingerprint density at radius 3 is 2.52 bits per heavy atom. The largest absolute Gasteiger partial charge is 0.318 e. The fourth-order valence-corrected chi connectivity index (χ4v) is 4.12. The van der Waals surface area contributed by atoms with Crippen molar-refractivity contribution in [3.05, 3.63) is 89.2 Å². The minimum absolute atomic E-state index is 0.163. The summed E-state index contributed by atoms with van der Waals surface area (Å²) in [5, 5.41) is 2.48. The Bertz CT molecular complexity index is 1430. The molecule has 2 aromatic carbocycles. The minimum Gasteiger partial charge on any atom is -0.318 e. The fourth-order valence-electron chi connectivity index (χ4n) is 2.93. The maximum absolute atomic E-state index is 12.8. The summed E-state index contributed by atoms with van der Waals surface area (Å²) < 4.78 is 16.7. The van der Waals surface area contributed by atoms with Gasteiger partial charge in [-0.15, -0.1) is 0 Å². The number of Topliss-reactive ketones (excluding diaryl/α,β-unsaturated/α-hetero) is 1. The molecular formula is C23H15N3O4S. The summed E-state index contributed by atoms with van der Waals surface area (Å²) in [4.78, 5) is 40.3. The predicted octanol–water partition coefficient (Wildman–Crippen LogP) is 2.91. The van der Waals surface area contributed by atoms with E-state index in [-0.39, 0.29) is 11.1 Å². The van der Waals surface area contributed by atoms with Gasteiger partial charge in [0.25, 0.3) is 17.6 Å². The molecule has 1 aliphatic heterocycles. The molecule has 152 valence electrons. The van der Waals surface area contributed by atoms with E-state index in [0.29, 0.717) is 21.7 Å². The first-order valence-electron chi connectivity index (χ1n) is 9.12. The number of nitrogens with one attached hydrogen (secondary N) is 1. The molecule has 0 saturated carbocycles. The molecule has 8 heteroatoms. The fraction of sp³-hybridized carbons (Fsp3) is 0.0435. The van der Waals surface area contributed by atoms with E-state index in [1.54, 1.807) is 42.5 Å². The molecule has 0 fully saturated rings. The van der Waals surface area contributed by atoms with Gasteiger partial charge in [0.2, 0.25) is 0 Å². The third kappa shape index (κ3) is 4.27. The molecule has 0 saturated heterocycles. The zero-order valence-corrected chi connectivity index (χ0v) is 17.1. The van der Waals surface area contributed by atoms with Crippen molar-refractivity contribution in [3.8, 4) is 11.8 Å². The SMILES string of the molecule is C[S@](=O)(=NC(=O)c1cncc(C#Cc2ccc3c(c2)C(=O)C(=O)N3)c1)c1ccccc1. The Labute approximate surface area is 178 Å². The van der Waals surface area contributed by atoms with E-state index in [4.69, 9.17) is 0 Å². The Kier molecular flexibility index (Phi) is 5.19. The van der Waals surface area contributed by atoms with Crippen molar-refractivity contribution in [2.24, 2.45) is 4.36 Å². The summed E-state index contributed by atoms with van der Waals surface area (Å²) in [5.74, 6) is 3.84. The Hall–Kier alpha value is -4.09. The number of fused-ring (bicyclic) bond motifs is 1. The smallest absolute Gasteiger partial charge is 0.296 e. The number of carbonyl (C=O) groups is 3. The molecule has 7 nitrogen and oxygen atoms in total. The van der Waals surface area contributed by atoms with Crippen molar-refractivity contribution < 1.29 is 18.6 Å². The molecule has 0 unspecified atom stereocenters. The number of amides is 2. The van der Waals surface area contributed by atoms with E-state index in [1.807, 2.05) is 0 Å². The average molecular weight is 429 g/mol. The first kappa shape index (κ1) is 20.2. The maximum Gasteiger partial charge on any atom is 0.296 e. The van der Waals surface area contributed by atoms with Crippen LogP contribution in [0.3, 0.4) is 0 Å². The number of hydrogen-bond donors (Lipinski definition) is 1. The Morgan fingerprint density at radius 1 is 1.00 bits per heavy atom. The highest BCUT2D eigenvalue weighted by molar-refractivity contribution is 7.93. The molecule has 31 heavy (non-hydrogen) atoms. The molecule has 1 atom stereocenters. The number of ketones is 1. The summed E-state index contributed by atoms with van der Waals surface area (Å²) in [6.45, 7) is 0. The molecule has 2 amide bonds. The quantitative estimate of drug-likeness (QED) is 0.498. The monoisotopic (exact) mass is 429 g/mol. The number of nitrogens with zero attached hydrogens (tertiary/aromatic N) is 2. The molecule has 0 bridgehead atoms. The molecule has 0 spiro atoms. The van der Waals surface area contributed by atoms with Gasteiger partial charge in [-0.2, -0.15) is 4.36 Å². The molecule has 1 aliphatic rings. The van der Waals surface area contributed by atoms with Crippen LogP contribution in [-0.4, -0.2) is 33.0 Å². The van der Waals surface area contributed by atoms with Gasteiger partial charge in [0.05, 0.1) is 26.5 Å². The van der Waals surface area contributed by atoms with Crippen molar-refractivity contribution in [3.63, 3.8) is 0 Å². The van der Waals surface area contributed by atoms with Crippen LogP contribution in [0.5, 0.6) is 0 Å². The van der Waals surface area contributed by atoms with Crippen LogP contribution in [-0.2, 0) is 14.5 Å². The van der Waals surface area contributed by atoms with Crippen molar-refractivity contribution in [2.75, 3.05) is 11.6 Å². The average Bonchev–Trinajstić information content (AvgIpc) is 3.06. The topological polar surface area (TPSA) is 106 Å². The van der Waals surface area contributed by atoms with Crippen LogP contribution in [0, 0.1) is 11.8 Å². The minimum atomic E-state index is -2.90. The van der Waals surface area contributed by atoms with Crippen LogP contribution < -0.4 is 5.32 Å². The lowest BCUT2D eigenvalue weighted by molar-refractivity contribution is -0.112. The summed E-state index contributed by atoms with van der Waals surface area (Å²) >= 11 is 0. The number of aromatic nitrogens is 1. The van der Waals surface area contributed by atoms with Gasteiger partial charge in [0.1, 0.15) is 0 Å². The van der Waals surface area contributed by atoms with Gasteiger partial charge in [-0.25, -0.2) is 4.21 Å². The van der Waals surface area contributed by atoms with Crippen molar-refractivity contribution >= 4 is 33.0 Å². The van der Waals surface area contributed by atoms with Crippen LogP contribution in [0.15, 0.2) is 76.2 Å². The number of pyridine rings is 1. The van der Waals surface area contributed by atoms with E-state index in [0.717, 1.165) is 0 Å². The summed E-state index contributed by atoms with van der Waals surface area (Å²) in [6.07, 6.45) is 4.22. The van der Waals surface area contributed by atoms with Crippen LogP contribution in [0.1, 0.15) is 31.8 Å². The predicted molar refractivity (Wildman–Crippen MR) is 115 cm³/mol. The number of anilines is 1.